The molecule has 0 unspecified atom stereocenters. The van der Waals surface area contributed by atoms with Gasteiger partial charge in [-0.05, 0) is 12.1 Å². The van der Waals surface area contributed by atoms with E-state index < -0.39 is 10.6 Å². The quantitative estimate of drug-likeness (QED) is 0.569. The van der Waals surface area contributed by atoms with E-state index in [0.717, 1.165) is 0 Å². The second-order valence-corrected chi connectivity index (χ2v) is 4.53. The highest BCUT2D eigenvalue weighted by molar-refractivity contribution is 5.98. The van der Waals surface area contributed by atoms with Crippen LogP contribution in [-0.4, -0.2) is 16.1 Å². The highest BCUT2D eigenvalue weighted by Gasteiger charge is 2.40. The number of amides is 1. The predicted octanol–water partition coefficient (Wildman–Crippen LogP) is 2.89. The van der Waals surface area contributed by atoms with Crippen LogP contribution in [0.4, 0.5) is 11.4 Å². The molecule has 1 amide bonds. The van der Waals surface area contributed by atoms with E-state index in [1.54, 1.807) is 0 Å². The number of fused-ring (bicyclic) bond motifs is 2. The van der Waals surface area contributed by atoms with Crippen LogP contribution in [0.2, 0.25) is 0 Å². The van der Waals surface area contributed by atoms with Crippen LogP contribution in [-0.2, 0) is 4.79 Å². The van der Waals surface area contributed by atoms with Crippen molar-refractivity contribution in [2.75, 3.05) is 0 Å². The fourth-order valence-electron chi connectivity index (χ4n) is 2.28. The fraction of sp³-hybridized carbons (Fsp3) is 0.0714. The average Bonchev–Trinajstić information content (AvgIpc) is 2.37. The number of carbonyl (C=O) groups excluding carboxylic acids is 1. The number of nitrogens with zero attached hydrogens (tertiary/aromatic N) is 1. The summed E-state index contributed by atoms with van der Waals surface area (Å²) in [5, 5.41) is 32.0. The maximum atomic E-state index is 13.0. The van der Waals surface area contributed by atoms with Gasteiger partial charge in [0.2, 0.25) is 0 Å². The van der Waals surface area contributed by atoms with Crippen molar-refractivity contribution in [1.29, 1.82) is 0 Å². The molecular formula is C14H11NO5. The van der Waals surface area contributed by atoms with E-state index >= 15 is 0 Å². The van der Waals surface area contributed by atoms with Gasteiger partial charge in [-0.3, -0.25) is 0 Å². The number of hydrogen-bond acceptors (Lipinski definition) is 5. The minimum Gasteiger partial charge on any atom is -0.614 e. The molecule has 2 N–H and O–H groups in total. The van der Waals surface area contributed by atoms with Crippen molar-refractivity contribution in [3.05, 3.63) is 41.6 Å². The minimum absolute atomic E-state index is 0.0811. The fourth-order valence-corrected chi connectivity index (χ4v) is 2.28. The molecule has 6 heteroatoms. The van der Waals surface area contributed by atoms with Crippen molar-refractivity contribution in [3.63, 3.8) is 0 Å². The SMILES string of the molecule is CC(=O)[N+]1([O-])c2ccc(O)cc2Oc2cc(O)ccc21. The van der Waals surface area contributed by atoms with Crippen molar-refractivity contribution < 1.29 is 19.7 Å². The topological polar surface area (TPSA) is 89.8 Å². The van der Waals surface area contributed by atoms with Crippen LogP contribution in [0.15, 0.2) is 36.4 Å². The van der Waals surface area contributed by atoms with Gasteiger partial charge in [0, 0.05) is 24.3 Å². The Kier molecular flexibility index (Phi) is 2.47. The van der Waals surface area contributed by atoms with Crippen LogP contribution in [0.25, 0.3) is 0 Å². The first-order valence-corrected chi connectivity index (χ1v) is 5.89. The van der Waals surface area contributed by atoms with Gasteiger partial charge in [0.1, 0.15) is 11.5 Å². The molecule has 2 aromatic carbocycles. The van der Waals surface area contributed by atoms with E-state index in [4.69, 9.17) is 4.74 Å². The number of phenols is 2. The zero-order chi connectivity index (χ0) is 14.5. The number of rotatable bonds is 0. The molecule has 1 aliphatic heterocycles. The van der Waals surface area contributed by atoms with Gasteiger partial charge in [-0.25, -0.2) is 9.44 Å². The van der Waals surface area contributed by atoms with Crippen LogP contribution in [0.5, 0.6) is 23.0 Å². The predicted molar refractivity (Wildman–Crippen MR) is 71.8 cm³/mol. The van der Waals surface area contributed by atoms with Crippen molar-refractivity contribution in [3.8, 4) is 23.0 Å². The van der Waals surface area contributed by atoms with Gasteiger partial charge in [0.05, 0.1) is 6.92 Å². The zero-order valence-corrected chi connectivity index (χ0v) is 10.5. The first-order valence-electron chi connectivity index (χ1n) is 5.89. The lowest BCUT2D eigenvalue weighted by Gasteiger charge is -2.41. The lowest BCUT2D eigenvalue weighted by Crippen LogP contribution is -2.44. The highest BCUT2D eigenvalue weighted by Crippen LogP contribution is 2.52. The Morgan fingerprint density at radius 1 is 1.05 bits per heavy atom. The van der Waals surface area contributed by atoms with E-state index in [1.807, 2.05) is 0 Å². The largest absolute Gasteiger partial charge is 0.614 e. The normalized spacial score (nSPS) is 14.9. The standard InChI is InChI=1S/C14H11NO5/c1-8(16)15(19)11-4-2-9(17)6-13(11)20-14-7-10(18)3-5-12(14)15/h2-7,17-18H,1H3. The lowest BCUT2D eigenvalue weighted by molar-refractivity contribution is -0.123. The number of hydrogen-bond donors (Lipinski definition) is 2. The molecule has 0 atom stereocenters. The van der Waals surface area contributed by atoms with Gasteiger partial charge in [0.25, 0.3) is 0 Å². The van der Waals surface area contributed by atoms with Gasteiger partial charge in [-0.1, -0.05) is 0 Å². The van der Waals surface area contributed by atoms with Gasteiger partial charge in [-0.2, -0.15) is 0 Å². The molecule has 2 aromatic rings. The van der Waals surface area contributed by atoms with Gasteiger partial charge >= 0.3 is 5.91 Å². The number of hydroxylamine groups is 1. The summed E-state index contributed by atoms with van der Waals surface area (Å²) < 4.78 is 4.17. The summed E-state index contributed by atoms with van der Waals surface area (Å²) in [4.78, 5) is 11.9. The number of carbonyl (C=O) groups is 1. The van der Waals surface area contributed by atoms with Gasteiger partial charge in [0.15, 0.2) is 22.9 Å². The van der Waals surface area contributed by atoms with Gasteiger partial charge in [-0.15, -0.1) is 0 Å². The molecule has 0 fully saturated rings. The highest BCUT2D eigenvalue weighted by atomic mass is 16.6. The van der Waals surface area contributed by atoms with Crippen molar-refractivity contribution in [2.45, 2.75) is 6.92 Å². The molecule has 20 heavy (non-hydrogen) atoms. The maximum absolute atomic E-state index is 13.0. The van der Waals surface area contributed by atoms with Crippen LogP contribution in [0, 0.1) is 5.21 Å². The van der Waals surface area contributed by atoms with E-state index in [0.29, 0.717) is 0 Å². The molecule has 1 aliphatic rings. The summed E-state index contributed by atoms with van der Waals surface area (Å²) in [6.07, 6.45) is 0. The monoisotopic (exact) mass is 273 g/mol. The minimum atomic E-state index is -1.33. The number of quaternary nitrogens is 1. The number of phenolic OH excluding ortho intramolecular Hbond substituents is 2. The third kappa shape index (κ3) is 1.56. The summed E-state index contributed by atoms with van der Waals surface area (Å²) >= 11 is 0. The molecule has 0 bridgehead atoms. The van der Waals surface area contributed by atoms with Crippen LogP contribution in [0.1, 0.15) is 6.92 Å². The molecule has 0 saturated heterocycles. The molecule has 1 heterocycles. The molecule has 102 valence electrons. The van der Waals surface area contributed by atoms with E-state index in [9.17, 15) is 20.2 Å². The van der Waals surface area contributed by atoms with Crippen LogP contribution in [0.3, 0.4) is 0 Å². The molecule has 0 spiro atoms. The van der Waals surface area contributed by atoms with E-state index in [-0.39, 0.29) is 34.4 Å². The van der Waals surface area contributed by atoms with Crippen molar-refractivity contribution >= 4 is 17.3 Å². The number of benzene rings is 2. The Labute approximate surface area is 114 Å². The molecule has 3 rings (SSSR count). The Hall–Kier alpha value is -2.57. The third-order valence-corrected chi connectivity index (χ3v) is 3.23. The van der Waals surface area contributed by atoms with Crippen molar-refractivity contribution in [1.82, 2.24) is 4.65 Å². The average molecular weight is 273 g/mol. The molecule has 6 nitrogen and oxygen atoms in total. The zero-order valence-electron chi connectivity index (χ0n) is 10.5. The second kappa shape index (κ2) is 3.96. The first-order chi connectivity index (χ1) is 9.42. The smallest absolute Gasteiger partial charge is 0.320 e. The summed E-state index contributed by atoms with van der Waals surface area (Å²) in [7, 11) is 0. The second-order valence-electron chi connectivity index (χ2n) is 4.53. The summed E-state index contributed by atoms with van der Waals surface area (Å²) in [5.41, 5.74) is 0.182. The summed E-state index contributed by atoms with van der Waals surface area (Å²) in [5.74, 6) is -0.626. The van der Waals surface area contributed by atoms with Crippen molar-refractivity contribution in [2.24, 2.45) is 0 Å². The molecule has 0 aliphatic carbocycles. The number of aromatic hydroxyl groups is 2. The lowest BCUT2D eigenvalue weighted by atomic mass is 10.1. The summed E-state index contributed by atoms with van der Waals surface area (Å²) in [6, 6.07) is 7.87. The van der Waals surface area contributed by atoms with Gasteiger partial charge < -0.3 is 20.2 Å². The number of ether oxygens (including phenoxy) is 1. The van der Waals surface area contributed by atoms with E-state index in [1.165, 1.54) is 43.3 Å². The molecule has 0 radical (unpaired) electrons. The Morgan fingerprint density at radius 2 is 1.50 bits per heavy atom. The Morgan fingerprint density at radius 3 is 1.90 bits per heavy atom. The van der Waals surface area contributed by atoms with E-state index in [2.05, 4.69) is 0 Å². The first kappa shape index (κ1) is 12.5. The molecular weight excluding hydrogens is 262 g/mol. The third-order valence-electron chi connectivity index (χ3n) is 3.23. The molecule has 0 aromatic heterocycles. The maximum Gasteiger partial charge on any atom is 0.320 e. The summed E-state index contributed by atoms with van der Waals surface area (Å²) in [6.45, 7) is 1.19. The molecule has 0 saturated carbocycles. The Bertz CT molecular complexity index is 674. The van der Waals surface area contributed by atoms with Crippen LogP contribution < -0.4 is 9.38 Å². The van der Waals surface area contributed by atoms with Crippen LogP contribution >= 0.6 is 0 Å². The Balaban J connectivity index is 2.33.